The Morgan fingerprint density at radius 3 is 2.06 bits per heavy atom. The summed E-state index contributed by atoms with van der Waals surface area (Å²) in [6, 6.07) is 10.6. The molecule has 3 unspecified atom stereocenters. The molecule has 12 atom stereocenters. The summed E-state index contributed by atoms with van der Waals surface area (Å²) in [7, 11) is 0.904. The number of aromatic nitrogens is 1. The average Bonchev–Trinajstić information content (AvgIpc) is 4.09. The van der Waals surface area contributed by atoms with E-state index in [0.29, 0.717) is 61.4 Å². The number of methoxy groups -OCH3 is 2. The Balaban J connectivity index is 1.42. The van der Waals surface area contributed by atoms with Crippen LogP contribution >= 0.6 is 7.75 Å². The first-order valence-electron chi connectivity index (χ1n) is 28.2. The van der Waals surface area contributed by atoms with Gasteiger partial charge in [0.15, 0.2) is 0 Å². The van der Waals surface area contributed by atoms with Gasteiger partial charge in [0.1, 0.15) is 18.2 Å². The number of carbonyl (C=O) groups is 8. The maximum Gasteiger partial charge on any atom is 0.406 e. The number of hydrogen-bond acceptors (Lipinski definition) is 14. The molecular formula is C58H89N8O14P. The smallest absolute Gasteiger partial charge is 0.386 e. The van der Waals surface area contributed by atoms with Crippen LogP contribution in [0.15, 0.2) is 66.9 Å². The number of ether oxygens (including phenoxy) is 2. The number of hydrogen-bond donors (Lipinski definition) is 5. The van der Waals surface area contributed by atoms with E-state index in [1.165, 1.54) is 19.1 Å². The van der Waals surface area contributed by atoms with Crippen LogP contribution < -0.4 is 16.0 Å². The van der Waals surface area contributed by atoms with Crippen LogP contribution in [-0.4, -0.2) is 172 Å². The van der Waals surface area contributed by atoms with Crippen LogP contribution in [0, 0.1) is 29.6 Å². The van der Waals surface area contributed by atoms with Gasteiger partial charge in [-0.15, -0.1) is 0 Å². The fraction of sp³-hybridized carbons (Fsp3) is 0.638. The number of likely N-dealkylation sites (tertiary alicyclic amines) is 1. The molecule has 0 bridgehead atoms. The lowest BCUT2D eigenvalue weighted by molar-refractivity contribution is -0.148. The van der Waals surface area contributed by atoms with Crippen LogP contribution in [0.2, 0.25) is 0 Å². The first kappa shape index (κ1) is 67.8. The maximum absolute atomic E-state index is 14.8. The lowest BCUT2D eigenvalue weighted by Crippen LogP contribution is -2.59. The molecule has 5 N–H and O–H groups in total. The molecule has 22 nitrogen and oxygen atoms in total. The van der Waals surface area contributed by atoms with Gasteiger partial charge < -0.3 is 45.2 Å². The molecular weight excluding hydrogens is 1060 g/mol. The molecule has 2 aromatic rings. The second-order valence-corrected chi connectivity index (χ2v) is 23.9. The van der Waals surface area contributed by atoms with E-state index in [0.717, 1.165) is 16.8 Å². The second-order valence-electron chi connectivity index (χ2n) is 22.1. The number of likely N-dealkylation sites (N-methyl/N-ethyl adjacent to an activating group) is 2. The van der Waals surface area contributed by atoms with Crippen molar-refractivity contribution >= 4 is 55.0 Å². The number of pyridine rings is 1. The minimum Gasteiger partial charge on any atom is -0.386 e. The van der Waals surface area contributed by atoms with Crippen molar-refractivity contribution < 1.29 is 66.9 Å². The summed E-state index contributed by atoms with van der Waals surface area (Å²) in [5.41, 5.74) is 1.28. The molecule has 450 valence electrons. The van der Waals surface area contributed by atoms with E-state index in [1.807, 2.05) is 32.0 Å². The van der Waals surface area contributed by atoms with Gasteiger partial charge in [-0.05, 0) is 81.5 Å². The number of aliphatic hydroxyl groups excluding tert-OH is 1. The number of benzene rings is 1. The maximum atomic E-state index is 14.8. The Labute approximate surface area is 478 Å². The van der Waals surface area contributed by atoms with Gasteiger partial charge in [-0.25, -0.2) is 9.46 Å². The number of nitrogens with zero attached hydrogens (tertiary/aromatic N) is 5. The number of aryl methyl sites for hydroxylation is 1. The van der Waals surface area contributed by atoms with E-state index >= 15 is 0 Å². The highest BCUT2D eigenvalue weighted by Gasteiger charge is 2.45. The normalized spacial score (nSPS) is 19.0. The summed E-state index contributed by atoms with van der Waals surface area (Å²) in [6.07, 6.45) is 2.34. The Morgan fingerprint density at radius 2 is 1.48 bits per heavy atom. The van der Waals surface area contributed by atoms with E-state index < -0.39 is 110 Å². The van der Waals surface area contributed by atoms with Crippen molar-refractivity contribution in [1.29, 1.82) is 0 Å². The number of imide groups is 3. The molecule has 0 spiro atoms. The first-order valence-corrected chi connectivity index (χ1v) is 29.8. The van der Waals surface area contributed by atoms with Crippen LogP contribution in [0.1, 0.15) is 124 Å². The molecule has 81 heavy (non-hydrogen) atoms. The highest BCUT2D eigenvalue weighted by atomic mass is 31.2. The summed E-state index contributed by atoms with van der Waals surface area (Å²) in [4.78, 5) is 127. The molecule has 3 heterocycles. The quantitative estimate of drug-likeness (QED) is 0.0367. The van der Waals surface area contributed by atoms with Crippen molar-refractivity contribution in [2.24, 2.45) is 29.6 Å². The van der Waals surface area contributed by atoms with E-state index in [9.17, 15) is 52.9 Å². The molecule has 1 fully saturated rings. The minimum absolute atomic E-state index is 0.0568. The van der Waals surface area contributed by atoms with Gasteiger partial charge in [0.05, 0.1) is 42.7 Å². The van der Waals surface area contributed by atoms with Crippen molar-refractivity contribution in [2.75, 3.05) is 47.9 Å². The molecule has 0 saturated carbocycles. The number of aliphatic hydroxyl groups is 1. The van der Waals surface area contributed by atoms with Crippen molar-refractivity contribution in [2.45, 2.75) is 162 Å². The third-order valence-electron chi connectivity index (χ3n) is 15.6. The third-order valence-corrected chi connectivity index (χ3v) is 17.2. The zero-order valence-electron chi connectivity index (χ0n) is 49.3. The standard InChI is InChI=1S/C58H89N8O14P/c1-13-38(6)52(45(78-11)34-49(70)65-33-30-42(35-65)54(79-12)39(7)55(72)61-40(8)53(71)41-22-16-14-17-23-41)63(9)58(75)50(36(2)3)62-57(74)51(37(4)5)64(10)81(76,77)80-44(27-26-43-24-19-21-31-59-43)56(73)60-32-20-15-18-25-46(67)66-47(68)28-29-48(66)69/h14,16-17,19,21-24,28-29,31,36-40,42,44-45,50-54,71H,13,15,18,20,25-27,30,32-35H2,1-12H3,(H,60,73)(H,61,72)(H,62,74)(H,76,77)/t38-,39+,40+,42?,44?,45+,50-,51-,52-,53+,54+/m0/s1. The van der Waals surface area contributed by atoms with Gasteiger partial charge in [-0.2, -0.15) is 4.67 Å². The van der Waals surface area contributed by atoms with Crippen LogP contribution in [0.3, 0.4) is 0 Å². The summed E-state index contributed by atoms with van der Waals surface area (Å²) in [6.45, 7) is 15.2. The van der Waals surface area contributed by atoms with Crippen LogP contribution in [-0.2, 0) is 63.3 Å². The molecule has 8 amide bonds. The Hall–Kier alpha value is -5.74. The van der Waals surface area contributed by atoms with Gasteiger partial charge in [-0.1, -0.05) is 97.7 Å². The topological polar surface area (TPSA) is 284 Å². The van der Waals surface area contributed by atoms with Gasteiger partial charge in [0, 0.05) is 77.3 Å². The van der Waals surface area contributed by atoms with Crippen LogP contribution in [0.5, 0.6) is 0 Å². The molecule has 1 aromatic carbocycles. The first-order chi connectivity index (χ1) is 38.3. The molecule has 1 aromatic heterocycles. The highest BCUT2D eigenvalue weighted by Crippen LogP contribution is 2.49. The van der Waals surface area contributed by atoms with Crippen molar-refractivity contribution in [3.63, 3.8) is 0 Å². The molecule has 0 aliphatic carbocycles. The molecule has 1 saturated heterocycles. The van der Waals surface area contributed by atoms with Gasteiger partial charge in [0.25, 0.3) is 11.8 Å². The highest BCUT2D eigenvalue weighted by molar-refractivity contribution is 7.50. The van der Waals surface area contributed by atoms with Crippen LogP contribution in [0.25, 0.3) is 0 Å². The van der Waals surface area contributed by atoms with Crippen LogP contribution in [0.4, 0.5) is 0 Å². The monoisotopic (exact) mass is 1150 g/mol. The molecule has 23 heteroatoms. The Kier molecular flexibility index (Phi) is 26.9. The molecule has 2 aliphatic heterocycles. The molecule has 4 rings (SSSR count). The van der Waals surface area contributed by atoms with E-state index in [4.69, 9.17) is 14.0 Å². The van der Waals surface area contributed by atoms with Gasteiger partial charge >= 0.3 is 7.75 Å². The largest absolute Gasteiger partial charge is 0.406 e. The third kappa shape index (κ3) is 18.9. The fourth-order valence-corrected chi connectivity index (χ4v) is 12.0. The number of amides is 8. The summed E-state index contributed by atoms with van der Waals surface area (Å²) < 4.78 is 33.0. The fourth-order valence-electron chi connectivity index (χ4n) is 10.6. The zero-order valence-corrected chi connectivity index (χ0v) is 50.2. The van der Waals surface area contributed by atoms with Gasteiger partial charge in [-0.3, -0.25) is 47.9 Å². The Morgan fingerprint density at radius 1 is 0.827 bits per heavy atom. The number of rotatable bonds is 33. The number of nitrogens with one attached hydrogen (secondary N) is 3. The predicted molar refractivity (Wildman–Crippen MR) is 303 cm³/mol. The average molecular weight is 1150 g/mol. The lowest BCUT2D eigenvalue weighted by atomic mass is 9.89. The van der Waals surface area contributed by atoms with Gasteiger partial charge in [0.2, 0.25) is 35.4 Å². The van der Waals surface area contributed by atoms with Crippen molar-refractivity contribution in [1.82, 2.24) is 40.3 Å². The van der Waals surface area contributed by atoms with Crippen molar-refractivity contribution in [3.05, 3.63) is 78.1 Å². The summed E-state index contributed by atoms with van der Waals surface area (Å²) >= 11 is 0. The lowest BCUT2D eigenvalue weighted by Gasteiger charge is -2.40. The van der Waals surface area contributed by atoms with E-state index in [2.05, 4.69) is 20.9 Å². The predicted octanol–water partition coefficient (Wildman–Crippen LogP) is 4.74. The number of unbranched alkanes of at least 4 members (excludes halogenated alkanes) is 2. The number of carbonyl (C=O) groups excluding carboxylic acids is 8. The molecule has 2 aliphatic rings. The van der Waals surface area contributed by atoms with Crippen molar-refractivity contribution in [3.8, 4) is 0 Å². The zero-order chi connectivity index (χ0) is 60.3. The van der Waals surface area contributed by atoms with E-state index in [1.54, 1.807) is 97.1 Å². The SMILES string of the molecule is CC[C@H](C)[C@@H]([C@@H](CC(=O)N1CCC([C@H](OC)[C@@H](C)C(=O)N[C@H](C)[C@@H](O)c2ccccc2)C1)OC)N(C)C(=O)[C@@H](NC(=O)[C@H](C(C)C)N(C)P(=O)(O)OC(CCc1ccccn1)C(=O)NCCCCCC(=O)N1C(=O)C=CC1=O)C(C)C. The van der Waals surface area contributed by atoms with E-state index in [-0.39, 0.29) is 55.9 Å². The minimum atomic E-state index is -4.97. The summed E-state index contributed by atoms with van der Waals surface area (Å²) in [5, 5.41) is 19.4. The summed E-state index contributed by atoms with van der Waals surface area (Å²) in [5.74, 6) is -6.44. The molecule has 0 radical (unpaired) electrons. The Bertz CT molecular complexity index is 2490. The second kappa shape index (κ2) is 32.2.